The molecule has 0 radical (unpaired) electrons. The predicted molar refractivity (Wildman–Crippen MR) is 112 cm³/mol. The number of aromatic nitrogens is 2. The second-order valence-electron chi connectivity index (χ2n) is 7.97. The molecule has 1 unspecified atom stereocenters. The van der Waals surface area contributed by atoms with Crippen LogP contribution in [0.25, 0.3) is 11.0 Å². The zero-order valence-corrected chi connectivity index (χ0v) is 17.1. The van der Waals surface area contributed by atoms with Crippen LogP contribution in [0.1, 0.15) is 24.2 Å². The third-order valence-electron chi connectivity index (χ3n) is 5.75. The normalized spacial score (nSPS) is 17.4. The number of likely N-dealkylation sites (tertiary alicyclic amines) is 1. The van der Waals surface area contributed by atoms with E-state index in [9.17, 15) is 13.6 Å². The van der Waals surface area contributed by atoms with Gasteiger partial charge in [-0.15, -0.1) is 0 Å². The van der Waals surface area contributed by atoms with Gasteiger partial charge in [0.25, 0.3) is 0 Å². The molecule has 158 valence electrons. The van der Waals surface area contributed by atoms with Crippen molar-refractivity contribution in [2.24, 2.45) is 13.0 Å². The number of carbonyl (C=O) groups excluding carboxylic acids is 1. The Balaban J connectivity index is 1.30. The van der Waals surface area contributed by atoms with Gasteiger partial charge in [0.05, 0.1) is 17.0 Å². The Morgan fingerprint density at radius 2 is 2.03 bits per heavy atom. The van der Waals surface area contributed by atoms with Crippen LogP contribution in [0.5, 0.6) is 0 Å². The first-order valence-corrected chi connectivity index (χ1v) is 10.3. The van der Waals surface area contributed by atoms with Crippen LogP contribution in [-0.4, -0.2) is 40.0 Å². The Hall–Kier alpha value is -2.80. The molecule has 1 aliphatic heterocycles. The molecule has 0 saturated carbocycles. The van der Waals surface area contributed by atoms with Crippen LogP contribution < -0.4 is 5.32 Å². The first kappa shape index (κ1) is 20.5. The molecule has 1 fully saturated rings. The van der Waals surface area contributed by atoms with E-state index in [0.717, 1.165) is 36.3 Å². The summed E-state index contributed by atoms with van der Waals surface area (Å²) < 4.78 is 28.7. The lowest BCUT2D eigenvalue weighted by molar-refractivity contribution is -0.126. The van der Waals surface area contributed by atoms with Gasteiger partial charge in [0.1, 0.15) is 17.5 Å². The lowest BCUT2D eigenvalue weighted by atomic mass is 9.96. The molecule has 3 aromatic rings. The summed E-state index contributed by atoms with van der Waals surface area (Å²) in [4.78, 5) is 19.4. The Kier molecular flexibility index (Phi) is 6.08. The van der Waals surface area contributed by atoms with E-state index in [-0.39, 0.29) is 23.5 Å². The van der Waals surface area contributed by atoms with Crippen LogP contribution in [0.4, 0.5) is 8.78 Å². The second-order valence-corrected chi connectivity index (χ2v) is 7.97. The Morgan fingerprint density at radius 3 is 2.87 bits per heavy atom. The van der Waals surface area contributed by atoms with Gasteiger partial charge in [-0.25, -0.2) is 13.8 Å². The zero-order chi connectivity index (χ0) is 21.1. The predicted octanol–water partition coefficient (Wildman–Crippen LogP) is 3.42. The van der Waals surface area contributed by atoms with Gasteiger partial charge in [-0.2, -0.15) is 0 Å². The van der Waals surface area contributed by atoms with E-state index < -0.39 is 0 Å². The number of fused-ring (bicyclic) bond motifs is 1. The van der Waals surface area contributed by atoms with E-state index in [1.165, 1.54) is 18.2 Å². The average molecular weight is 412 g/mol. The highest BCUT2D eigenvalue weighted by Crippen LogP contribution is 2.20. The van der Waals surface area contributed by atoms with E-state index in [2.05, 4.69) is 15.2 Å². The topological polar surface area (TPSA) is 50.2 Å². The second kappa shape index (κ2) is 8.92. The monoisotopic (exact) mass is 412 g/mol. The summed E-state index contributed by atoms with van der Waals surface area (Å²) in [5.41, 5.74) is 2.42. The zero-order valence-electron chi connectivity index (χ0n) is 17.1. The highest BCUT2D eigenvalue weighted by Gasteiger charge is 2.25. The quantitative estimate of drug-likeness (QED) is 0.675. The van der Waals surface area contributed by atoms with Gasteiger partial charge in [0.15, 0.2) is 0 Å². The summed E-state index contributed by atoms with van der Waals surface area (Å²) >= 11 is 0. The van der Waals surface area contributed by atoms with Crippen molar-refractivity contribution in [3.05, 3.63) is 65.5 Å². The van der Waals surface area contributed by atoms with Gasteiger partial charge in [0.2, 0.25) is 5.91 Å². The van der Waals surface area contributed by atoms with Gasteiger partial charge in [-0.3, -0.25) is 9.69 Å². The molecule has 4 rings (SSSR count). The molecule has 1 saturated heterocycles. The number of nitrogens with zero attached hydrogens (tertiary/aromatic N) is 3. The molecule has 2 heterocycles. The molecule has 1 aliphatic rings. The summed E-state index contributed by atoms with van der Waals surface area (Å²) in [5, 5.41) is 3.02. The van der Waals surface area contributed by atoms with E-state index in [4.69, 9.17) is 0 Å². The van der Waals surface area contributed by atoms with Crippen LogP contribution in [0, 0.1) is 17.6 Å². The minimum absolute atomic E-state index is 0.0451. The Bertz CT molecular complexity index is 1050. The third-order valence-corrected chi connectivity index (χ3v) is 5.75. The molecule has 1 N–H and O–H groups in total. The highest BCUT2D eigenvalue weighted by molar-refractivity contribution is 5.79. The minimum Gasteiger partial charge on any atom is -0.355 e. The first-order chi connectivity index (χ1) is 14.5. The standard InChI is InChI=1S/C23H26F2N4O/c1-28-21-8-7-19(25)13-20(21)27-22(28)9-10-26-23(30)17-5-3-11-29(15-17)14-16-4-2-6-18(24)12-16/h2,4,6-8,12-13,17H,3,5,9-11,14-15H2,1H3,(H,26,30). The van der Waals surface area contributed by atoms with Crippen LogP contribution in [-0.2, 0) is 24.8 Å². The summed E-state index contributed by atoms with van der Waals surface area (Å²) in [7, 11) is 1.90. The molecule has 1 amide bonds. The maximum absolute atomic E-state index is 13.4. The fraction of sp³-hybridized carbons (Fsp3) is 0.391. The van der Waals surface area contributed by atoms with Crippen LogP contribution in [0.2, 0.25) is 0 Å². The van der Waals surface area contributed by atoms with Crippen molar-refractivity contribution < 1.29 is 13.6 Å². The van der Waals surface area contributed by atoms with Crippen LogP contribution in [0.15, 0.2) is 42.5 Å². The SMILES string of the molecule is Cn1c(CCNC(=O)C2CCCN(Cc3cccc(F)c3)C2)nc2cc(F)ccc21. The van der Waals surface area contributed by atoms with Gasteiger partial charge in [0, 0.05) is 39.2 Å². The maximum atomic E-state index is 13.4. The minimum atomic E-state index is -0.305. The van der Waals surface area contributed by atoms with Gasteiger partial charge < -0.3 is 9.88 Å². The maximum Gasteiger partial charge on any atom is 0.224 e. The van der Waals surface area contributed by atoms with E-state index in [0.29, 0.717) is 31.6 Å². The number of imidazole rings is 1. The van der Waals surface area contributed by atoms with Gasteiger partial charge >= 0.3 is 0 Å². The fourth-order valence-corrected chi connectivity index (χ4v) is 4.19. The van der Waals surface area contributed by atoms with Crippen molar-refractivity contribution in [1.82, 2.24) is 19.8 Å². The van der Waals surface area contributed by atoms with Crippen LogP contribution in [0.3, 0.4) is 0 Å². The number of benzene rings is 2. The number of piperidine rings is 1. The number of rotatable bonds is 6. The molecular formula is C23H26F2N4O. The van der Waals surface area contributed by atoms with Crippen molar-refractivity contribution in [3.8, 4) is 0 Å². The number of aryl methyl sites for hydroxylation is 1. The number of amides is 1. The van der Waals surface area contributed by atoms with Crippen molar-refractivity contribution in [2.45, 2.75) is 25.8 Å². The fourth-order valence-electron chi connectivity index (χ4n) is 4.19. The van der Waals surface area contributed by atoms with E-state index in [1.807, 2.05) is 17.7 Å². The molecule has 1 aromatic heterocycles. The van der Waals surface area contributed by atoms with Gasteiger partial charge in [-0.05, 0) is 49.2 Å². The molecule has 2 aromatic carbocycles. The lowest BCUT2D eigenvalue weighted by Gasteiger charge is -2.32. The van der Waals surface area contributed by atoms with Crippen molar-refractivity contribution in [2.75, 3.05) is 19.6 Å². The number of carbonyl (C=O) groups is 1. The molecule has 7 heteroatoms. The van der Waals surface area contributed by atoms with E-state index in [1.54, 1.807) is 18.2 Å². The Morgan fingerprint density at radius 1 is 1.20 bits per heavy atom. The number of hydrogen-bond acceptors (Lipinski definition) is 3. The van der Waals surface area contributed by atoms with Crippen molar-refractivity contribution in [3.63, 3.8) is 0 Å². The molecular weight excluding hydrogens is 386 g/mol. The van der Waals surface area contributed by atoms with E-state index >= 15 is 0 Å². The molecule has 1 atom stereocenters. The smallest absolute Gasteiger partial charge is 0.224 e. The highest BCUT2D eigenvalue weighted by atomic mass is 19.1. The summed E-state index contributed by atoms with van der Waals surface area (Å²) in [6.45, 7) is 2.72. The summed E-state index contributed by atoms with van der Waals surface area (Å²) in [6, 6.07) is 11.2. The average Bonchev–Trinajstić information content (AvgIpc) is 3.03. The largest absolute Gasteiger partial charge is 0.355 e. The lowest BCUT2D eigenvalue weighted by Crippen LogP contribution is -2.43. The summed E-state index contributed by atoms with van der Waals surface area (Å²) in [5.74, 6) is 0.252. The van der Waals surface area contributed by atoms with Crippen molar-refractivity contribution in [1.29, 1.82) is 0 Å². The first-order valence-electron chi connectivity index (χ1n) is 10.3. The van der Waals surface area contributed by atoms with Crippen molar-refractivity contribution >= 4 is 16.9 Å². The molecule has 30 heavy (non-hydrogen) atoms. The third kappa shape index (κ3) is 4.67. The number of hydrogen-bond donors (Lipinski definition) is 1. The molecule has 0 aliphatic carbocycles. The van der Waals surface area contributed by atoms with Gasteiger partial charge in [-0.1, -0.05) is 12.1 Å². The summed E-state index contributed by atoms with van der Waals surface area (Å²) in [6.07, 6.45) is 2.39. The molecule has 0 bridgehead atoms. The number of nitrogens with one attached hydrogen (secondary N) is 1. The molecule has 5 nitrogen and oxygen atoms in total. The number of halogens is 2. The molecule has 0 spiro atoms. The Labute approximate surface area is 174 Å². The van der Waals surface area contributed by atoms with Crippen LogP contribution >= 0.6 is 0 Å².